The van der Waals surface area contributed by atoms with Crippen molar-refractivity contribution in [3.63, 3.8) is 0 Å². The van der Waals surface area contributed by atoms with Gasteiger partial charge in [0.1, 0.15) is 11.9 Å². The van der Waals surface area contributed by atoms with Crippen molar-refractivity contribution in [1.29, 1.82) is 0 Å². The van der Waals surface area contributed by atoms with E-state index in [0.29, 0.717) is 30.3 Å². The SMILES string of the molecule is CCCOc1ccc(/C=N/NC(=O)C(NC(=O)c2ccccc2F)C(C)C)cc1OCC. The number of rotatable bonds is 11. The number of hydrazone groups is 1. The normalized spacial score (nSPS) is 11.9. The molecule has 172 valence electrons. The Morgan fingerprint density at radius 1 is 1.09 bits per heavy atom. The second kappa shape index (κ2) is 12.4. The third kappa shape index (κ3) is 7.08. The number of halogens is 1. The Kier molecular flexibility index (Phi) is 9.66. The topological polar surface area (TPSA) is 89.0 Å². The van der Waals surface area contributed by atoms with Gasteiger partial charge in [0.15, 0.2) is 11.5 Å². The first kappa shape index (κ1) is 24.8. The van der Waals surface area contributed by atoms with E-state index in [2.05, 4.69) is 15.8 Å². The van der Waals surface area contributed by atoms with E-state index in [9.17, 15) is 14.0 Å². The molecule has 2 rings (SSSR count). The maximum Gasteiger partial charge on any atom is 0.262 e. The molecule has 0 aliphatic carbocycles. The van der Waals surface area contributed by atoms with Gasteiger partial charge < -0.3 is 14.8 Å². The lowest BCUT2D eigenvalue weighted by Gasteiger charge is -2.20. The fourth-order valence-corrected chi connectivity index (χ4v) is 2.84. The van der Waals surface area contributed by atoms with E-state index >= 15 is 0 Å². The minimum Gasteiger partial charge on any atom is -0.490 e. The van der Waals surface area contributed by atoms with Gasteiger partial charge in [0.05, 0.1) is 25.0 Å². The summed E-state index contributed by atoms with van der Waals surface area (Å²) in [4.78, 5) is 25.0. The Hall–Kier alpha value is -3.42. The first-order valence-corrected chi connectivity index (χ1v) is 10.6. The molecule has 0 bridgehead atoms. The van der Waals surface area contributed by atoms with Gasteiger partial charge in [-0.05, 0) is 55.2 Å². The standard InChI is InChI=1S/C24H30FN3O4/c1-5-13-32-20-12-11-17(14-21(20)31-6-2)15-26-28-24(30)22(16(3)4)27-23(29)18-9-7-8-10-19(18)25/h7-12,14-16,22H,5-6,13H2,1-4H3,(H,27,29)(H,28,30)/b26-15+. The molecule has 8 heteroatoms. The van der Waals surface area contributed by atoms with Gasteiger partial charge in [-0.2, -0.15) is 5.10 Å². The number of amides is 2. The molecule has 1 atom stereocenters. The van der Waals surface area contributed by atoms with E-state index in [-0.39, 0.29) is 11.5 Å². The minimum atomic E-state index is -0.886. The Labute approximate surface area is 188 Å². The van der Waals surface area contributed by atoms with Crippen LogP contribution in [-0.4, -0.2) is 37.3 Å². The Balaban J connectivity index is 2.05. The van der Waals surface area contributed by atoms with Gasteiger partial charge >= 0.3 is 0 Å². The molecule has 0 aromatic heterocycles. The predicted molar refractivity (Wildman–Crippen MR) is 122 cm³/mol. The summed E-state index contributed by atoms with van der Waals surface area (Å²) in [6.07, 6.45) is 2.35. The van der Waals surface area contributed by atoms with Crippen molar-refractivity contribution in [2.75, 3.05) is 13.2 Å². The summed E-state index contributed by atoms with van der Waals surface area (Å²) in [5.41, 5.74) is 3.02. The molecule has 0 aliphatic heterocycles. The highest BCUT2D eigenvalue weighted by Crippen LogP contribution is 2.28. The highest BCUT2D eigenvalue weighted by molar-refractivity contribution is 5.98. The zero-order valence-electron chi connectivity index (χ0n) is 18.9. The monoisotopic (exact) mass is 443 g/mol. The number of nitrogens with zero attached hydrogens (tertiary/aromatic N) is 1. The fourth-order valence-electron chi connectivity index (χ4n) is 2.84. The van der Waals surface area contributed by atoms with Crippen LogP contribution in [0.5, 0.6) is 11.5 Å². The van der Waals surface area contributed by atoms with Crippen molar-refractivity contribution in [2.24, 2.45) is 11.0 Å². The first-order chi connectivity index (χ1) is 15.4. The Morgan fingerprint density at radius 3 is 2.50 bits per heavy atom. The van der Waals surface area contributed by atoms with Crippen molar-refractivity contribution in [3.8, 4) is 11.5 Å². The molecule has 0 heterocycles. The van der Waals surface area contributed by atoms with Crippen LogP contribution < -0.4 is 20.2 Å². The van der Waals surface area contributed by atoms with E-state index in [0.717, 1.165) is 6.42 Å². The van der Waals surface area contributed by atoms with Gasteiger partial charge in [-0.15, -0.1) is 0 Å². The molecule has 0 fully saturated rings. The van der Waals surface area contributed by atoms with E-state index in [1.807, 2.05) is 13.8 Å². The summed E-state index contributed by atoms with van der Waals surface area (Å²) in [7, 11) is 0. The van der Waals surface area contributed by atoms with Crippen LogP contribution in [0.4, 0.5) is 4.39 Å². The van der Waals surface area contributed by atoms with Gasteiger partial charge in [0.2, 0.25) is 0 Å². The largest absolute Gasteiger partial charge is 0.490 e. The summed E-state index contributed by atoms with van der Waals surface area (Å²) < 4.78 is 25.1. The van der Waals surface area contributed by atoms with E-state index in [4.69, 9.17) is 9.47 Å². The fraction of sp³-hybridized carbons (Fsp3) is 0.375. The number of hydrogen-bond donors (Lipinski definition) is 2. The molecule has 2 amide bonds. The van der Waals surface area contributed by atoms with Gasteiger partial charge in [-0.3, -0.25) is 9.59 Å². The van der Waals surface area contributed by atoms with Crippen LogP contribution in [0.2, 0.25) is 0 Å². The van der Waals surface area contributed by atoms with Crippen molar-refractivity contribution in [1.82, 2.24) is 10.7 Å². The van der Waals surface area contributed by atoms with Crippen LogP contribution >= 0.6 is 0 Å². The molecular formula is C24H30FN3O4. The van der Waals surface area contributed by atoms with Crippen molar-refractivity contribution < 1.29 is 23.5 Å². The number of benzene rings is 2. The van der Waals surface area contributed by atoms with E-state index < -0.39 is 23.7 Å². The van der Waals surface area contributed by atoms with Crippen molar-refractivity contribution >= 4 is 18.0 Å². The molecule has 0 radical (unpaired) electrons. The zero-order chi connectivity index (χ0) is 23.5. The molecule has 0 spiro atoms. The number of ether oxygens (including phenoxy) is 2. The maximum absolute atomic E-state index is 13.9. The van der Waals surface area contributed by atoms with Crippen LogP contribution in [-0.2, 0) is 4.79 Å². The molecule has 0 saturated heterocycles. The molecule has 1 unspecified atom stereocenters. The molecular weight excluding hydrogens is 413 g/mol. The molecule has 7 nitrogen and oxygen atoms in total. The smallest absolute Gasteiger partial charge is 0.262 e. The van der Waals surface area contributed by atoms with Gasteiger partial charge in [-0.25, -0.2) is 9.82 Å². The van der Waals surface area contributed by atoms with Crippen LogP contribution in [0.15, 0.2) is 47.6 Å². The molecule has 0 saturated carbocycles. The van der Waals surface area contributed by atoms with Crippen LogP contribution in [0.25, 0.3) is 0 Å². The number of hydrogen-bond acceptors (Lipinski definition) is 5. The highest BCUT2D eigenvalue weighted by Gasteiger charge is 2.25. The molecule has 2 aromatic rings. The first-order valence-electron chi connectivity index (χ1n) is 10.6. The summed E-state index contributed by atoms with van der Waals surface area (Å²) in [5, 5.41) is 6.56. The summed E-state index contributed by atoms with van der Waals surface area (Å²) in [6.45, 7) is 8.52. The molecule has 32 heavy (non-hydrogen) atoms. The third-order valence-electron chi connectivity index (χ3n) is 4.47. The lowest BCUT2D eigenvalue weighted by atomic mass is 10.0. The average molecular weight is 444 g/mol. The lowest BCUT2D eigenvalue weighted by Crippen LogP contribution is -2.48. The van der Waals surface area contributed by atoms with Crippen molar-refractivity contribution in [2.45, 2.75) is 40.2 Å². The Morgan fingerprint density at radius 2 is 1.84 bits per heavy atom. The predicted octanol–water partition coefficient (Wildman–Crippen LogP) is 3.92. The maximum atomic E-state index is 13.9. The van der Waals surface area contributed by atoms with Crippen LogP contribution in [0, 0.1) is 11.7 Å². The highest BCUT2D eigenvalue weighted by atomic mass is 19.1. The molecule has 2 aromatic carbocycles. The number of nitrogens with one attached hydrogen (secondary N) is 2. The summed E-state index contributed by atoms with van der Waals surface area (Å²) >= 11 is 0. The molecule has 2 N–H and O–H groups in total. The second-order valence-corrected chi connectivity index (χ2v) is 7.40. The lowest BCUT2D eigenvalue weighted by molar-refractivity contribution is -0.123. The average Bonchev–Trinajstić information content (AvgIpc) is 2.77. The van der Waals surface area contributed by atoms with Gasteiger partial charge in [0, 0.05) is 0 Å². The second-order valence-electron chi connectivity index (χ2n) is 7.40. The van der Waals surface area contributed by atoms with Gasteiger partial charge in [-0.1, -0.05) is 32.9 Å². The molecule has 0 aliphatic rings. The van der Waals surface area contributed by atoms with E-state index in [1.54, 1.807) is 38.1 Å². The Bertz CT molecular complexity index is 947. The van der Waals surface area contributed by atoms with Crippen LogP contribution in [0.3, 0.4) is 0 Å². The minimum absolute atomic E-state index is 0.122. The zero-order valence-corrected chi connectivity index (χ0v) is 18.9. The van der Waals surface area contributed by atoms with Gasteiger partial charge in [0.25, 0.3) is 11.8 Å². The third-order valence-corrected chi connectivity index (χ3v) is 4.47. The summed E-state index contributed by atoms with van der Waals surface area (Å²) in [6, 6.07) is 10.1. The summed E-state index contributed by atoms with van der Waals surface area (Å²) in [5.74, 6) is -0.819. The van der Waals surface area contributed by atoms with Crippen LogP contribution in [0.1, 0.15) is 50.0 Å². The number of carbonyl (C=O) groups excluding carboxylic acids is 2. The van der Waals surface area contributed by atoms with Crippen molar-refractivity contribution in [3.05, 3.63) is 59.4 Å². The van der Waals surface area contributed by atoms with E-state index in [1.165, 1.54) is 24.4 Å². The number of carbonyl (C=O) groups is 2. The quantitative estimate of drug-likeness (QED) is 0.407.